The third-order valence-electron chi connectivity index (χ3n) is 1.71. The molecule has 0 aliphatic rings. The molecule has 0 aromatic heterocycles. The van der Waals surface area contributed by atoms with E-state index in [1.165, 1.54) is 0 Å². The number of rotatable bonds is 5. The van der Waals surface area contributed by atoms with E-state index in [4.69, 9.17) is 16.3 Å². The van der Waals surface area contributed by atoms with Crippen molar-refractivity contribution >= 4 is 17.3 Å². The fraction of sp³-hybridized carbons (Fsp3) is 0.400. The first-order chi connectivity index (χ1) is 6.34. The van der Waals surface area contributed by atoms with Gasteiger partial charge in [0.1, 0.15) is 0 Å². The smallest absolute Gasteiger partial charge is 0.0637 e. The molecule has 0 fully saturated rings. The molecule has 72 valence electrons. The first-order valence-electron chi connectivity index (χ1n) is 4.32. The summed E-state index contributed by atoms with van der Waals surface area (Å²) in [6, 6.07) is 7.72. The molecule has 0 heterocycles. The summed E-state index contributed by atoms with van der Waals surface area (Å²) in [5.74, 6) is 0. The van der Waals surface area contributed by atoms with Crippen LogP contribution in [0.25, 0.3) is 0 Å². The molecule has 0 amide bonds. The highest BCUT2D eigenvalue weighted by Gasteiger charge is 1.95. The Morgan fingerprint density at radius 2 is 2.15 bits per heavy atom. The lowest BCUT2D eigenvalue weighted by Crippen LogP contribution is -2.04. The van der Waals surface area contributed by atoms with Gasteiger partial charge in [-0.05, 0) is 18.6 Å². The second kappa shape index (κ2) is 5.84. The molecule has 2 nitrogen and oxygen atoms in total. The van der Waals surface area contributed by atoms with Gasteiger partial charge in [-0.15, -0.1) is 0 Å². The van der Waals surface area contributed by atoms with Gasteiger partial charge in [-0.3, -0.25) is 0 Å². The summed E-state index contributed by atoms with van der Waals surface area (Å²) >= 11 is 5.94. The topological polar surface area (TPSA) is 21.3 Å². The van der Waals surface area contributed by atoms with E-state index in [1.54, 1.807) is 7.11 Å². The Kier molecular flexibility index (Phi) is 4.65. The number of hydrogen-bond acceptors (Lipinski definition) is 2. The third kappa shape index (κ3) is 3.66. The molecule has 1 N–H and O–H groups in total. The summed E-state index contributed by atoms with van der Waals surface area (Å²) in [6.45, 7) is 1.66. The Hall–Kier alpha value is -0.730. The fourth-order valence-corrected chi connectivity index (χ4v) is 1.25. The van der Waals surface area contributed by atoms with Crippen molar-refractivity contribution in [3.8, 4) is 0 Å². The molecule has 0 aliphatic carbocycles. The lowest BCUT2D eigenvalue weighted by molar-refractivity contribution is 0.198. The highest BCUT2D eigenvalue weighted by atomic mass is 35.5. The van der Waals surface area contributed by atoms with E-state index < -0.39 is 0 Å². The van der Waals surface area contributed by atoms with Crippen molar-refractivity contribution in [2.75, 3.05) is 25.6 Å². The van der Waals surface area contributed by atoms with Gasteiger partial charge in [0.15, 0.2) is 0 Å². The number of nitrogens with one attached hydrogen (secondary N) is 1. The summed E-state index contributed by atoms with van der Waals surface area (Å²) in [5, 5.41) is 4.00. The number of benzene rings is 1. The maximum atomic E-state index is 5.94. The first-order valence-corrected chi connectivity index (χ1v) is 4.69. The summed E-state index contributed by atoms with van der Waals surface area (Å²) < 4.78 is 4.94. The van der Waals surface area contributed by atoms with Gasteiger partial charge in [-0.1, -0.05) is 23.7 Å². The van der Waals surface area contributed by atoms with Crippen LogP contribution in [0.4, 0.5) is 5.69 Å². The number of anilines is 1. The van der Waals surface area contributed by atoms with Crippen molar-refractivity contribution in [1.82, 2.24) is 0 Å². The molecule has 0 radical (unpaired) electrons. The van der Waals surface area contributed by atoms with Crippen LogP contribution in [-0.4, -0.2) is 20.3 Å². The molecule has 0 spiro atoms. The van der Waals surface area contributed by atoms with Crippen LogP contribution in [0.5, 0.6) is 0 Å². The SMILES string of the molecule is COCCCNc1ccccc1Cl. The van der Waals surface area contributed by atoms with Crippen molar-refractivity contribution in [1.29, 1.82) is 0 Å². The van der Waals surface area contributed by atoms with Crippen molar-refractivity contribution in [3.05, 3.63) is 29.3 Å². The predicted octanol–water partition coefficient (Wildman–Crippen LogP) is 2.79. The standard InChI is InChI=1S/C10H14ClNO/c1-13-8-4-7-12-10-6-3-2-5-9(10)11/h2-3,5-6,12H,4,7-8H2,1H3. The van der Waals surface area contributed by atoms with Gasteiger partial charge in [0.25, 0.3) is 0 Å². The van der Waals surface area contributed by atoms with Gasteiger partial charge < -0.3 is 10.1 Å². The van der Waals surface area contributed by atoms with E-state index in [0.29, 0.717) is 0 Å². The fourth-order valence-electron chi connectivity index (χ4n) is 1.04. The maximum absolute atomic E-state index is 5.94. The molecular weight excluding hydrogens is 186 g/mol. The summed E-state index contributed by atoms with van der Waals surface area (Å²) in [6.07, 6.45) is 0.988. The normalized spacial score (nSPS) is 10.0. The Bertz CT molecular complexity index is 252. The molecular formula is C10H14ClNO. The Morgan fingerprint density at radius 1 is 1.38 bits per heavy atom. The largest absolute Gasteiger partial charge is 0.385 e. The molecule has 0 unspecified atom stereocenters. The molecule has 3 heteroatoms. The number of halogens is 1. The van der Waals surface area contributed by atoms with Crippen LogP contribution >= 0.6 is 11.6 Å². The Morgan fingerprint density at radius 3 is 2.85 bits per heavy atom. The molecule has 1 aromatic carbocycles. The molecule has 0 saturated heterocycles. The zero-order chi connectivity index (χ0) is 9.52. The van der Waals surface area contributed by atoms with Crippen LogP contribution in [0.1, 0.15) is 6.42 Å². The number of para-hydroxylation sites is 1. The van der Waals surface area contributed by atoms with Gasteiger partial charge in [-0.25, -0.2) is 0 Å². The molecule has 0 atom stereocenters. The lowest BCUT2D eigenvalue weighted by atomic mass is 10.3. The van der Waals surface area contributed by atoms with Gasteiger partial charge in [0.2, 0.25) is 0 Å². The monoisotopic (exact) mass is 199 g/mol. The van der Waals surface area contributed by atoms with Crippen LogP contribution in [0.2, 0.25) is 5.02 Å². The van der Waals surface area contributed by atoms with E-state index in [2.05, 4.69) is 5.32 Å². The average Bonchev–Trinajstić information content (AvgIpc) is 2.15. The van der Waals surface area contributed by atoms with Crippen molar-refractivity contribution in [2.45, 2.75) is 6.42 Å². The first kappa shape index (κ1) is 10.4. The molecule has 13 heavy (non-hydrogen) atoms. The lowest BCUT2D eigenvalue weighted by Gasteiger charge is -2.06. The maximum Gasteiger partial charge on any atom is 0.0637 e. The van der Waals surface area contributed by atoms with E-state index >= 15 is 0 Å². The van der Waals surface area contributed by atoms with Crippen LogP contribution in [0.3, 0.4) is 0 Å². The predicted molar refractivity (Wildman–Crippen MR) is 56.4 cm³/mol. The highest BCUT2D eigenvalue weighted by Crippen LogP contribution is 2.19. The Labute approximate surface area is 83.9 Å². The number of ether oxygens (including phenoxy) is 1. The average molecular weight is 200 g/mol. The Balaban J connectivity index is 2.32. The van der Waals surface area contributed by atoms with Gasteiger partial charge in [0, 0.05) is 20.3 Å². The minimum atomic E-state index is 0.764. The van der Waals surface area contributed by atoms with E-state index in [9.17, 15) is 0 Å². The minimum absolute atomic E-state index is 0.764. The van der Waals surface area contributed by atoms with E-state index in [1.807, 2.05) is 24.3 Å². The molecule has 0 bridgehead atoms. The van der Waals surface area contributed by atoms with Gasteiger partial charge >= 0.3 is 0 Å². The summed E-state index contributed by atoms with van der Waals surface area (Å²) in [5.41, 5.74) is 0.986. The minimum Gasteiger partial charge on any atom is -0.385 e. The zero-order valence-electron chi connectivity index (χ0n) is 7.72. The van der Waals surface area contributed by atoms with E-state index in [-0.39, 0.29) is 0 Å². The quantitative estimate of drug-likeness (QED) is 0.737. The highest BCUT2D eigenvalue weighted by molar-refractivity contribution is 6.33. The molecule has 1 rings (SSSR count). The second-order valence-corrected chi connectivity index (χ2v) is 3.16. The summed E-state index contributed by atoms with van der Waals surface area (Å²) in [7, 11) is 1.70. The third-order valence-corrected chi connectivity index (χ3v) is 2.04. The van der Waals surface area contributed by atoms with Crippen molar-refractivity contribution in [3.63, 3.8) is 0 Å². The van der Waals surface area contributed by atoms with Gasteiger partial charge in [-0.2, -0.15) is 0 Å². The summed E-state index contributed by atoms with van der Waals surface area (Å²) in [4.78, 5) is 0. The number of hydrogen-bond donors (Lipinski definition) is 1. The second-order valence-electron chi connectivity index (χ2n) is 2.75. The molecule has 0 saturated carbocycles. The molecule has 1 aromatic rings. The van der Waals surface area contributed by atoms with Crippen LogP contribution < -0.4 is 5.32 Å². The molecule has 0 aliphatic heterocycles. The van der Waals surface area contributed by atoms with Crippen LogP contribution in [0, 0.1) is 0 Å². The zero-order valence-corrected chi connectivity index (χ0v) is 8.47. The van der Waals surface area contributed by atoms with Crippen molar-refractivity contribution < 1.29 is 4.74 Å². The van der Waals surface area contributed by atoms with Crippen LogP contribution in [0.15, 0.2) is 24.3 Å². The van der Waals surface area contributed by atoms with E-state index in [0.717, 1.165) is 30.3 Å². The number of methoxy groups -OCH3 is 1. The van der Waals surface area contributed by atoms with Gasteiger partial charge in [0.05, 0.1) is 10.7 Å². The van der Waals surface area contributed by atoms with Crippen molar-refractivity contribution in [2.24, 2.45) is 0 Å². The van der Waals surface area contributed by atoms with Crippen LogP contribution in [-0.2, 0) is 4.74 Å².